The molecule has 2 heterocycles. The largest absolute Gasteiger partial charge is 0.396 e. The van der Waals surface area contributed by atoms with Crippen molar-refractivity contribution < 1.29 is 9.90 Å². The number of hydrogen-bond acceptors (Lipinski definition) is 4. The Balaban J connectivity index is 1.60. The van der Waals surface area contributed by atoms with Gasteiger partial charge in [0.2, 0.25) is 0 Å². The lowest BCUT2D eigenvalue weighted by Gasteiger charge is -2.30. The van der Waals surface area contributed by atoms with E-state index in [0.717, 1.165) is 30.6 Å². The SMILES string of the molecule is CC1(CO)CCCC1NC(=O)NCc1ccnc2ccnn12. The van der Waals surface area contributed by atoms with Crippen LogP contribution >= 0.6 is 0 Å². The molecule has 1 aliphatic rings. The third kappa shape index (κ3) is 2.76. The molecule has 2 aromatic rings. The molecule has 0 radical (unpaired) electrons. The molecule has 1 saturated carbocycles. The number of rotatable bonds is 4. The highest BCUT2D eigenvalue weighted by molar-refractivity contribution is 5.74. The van der Waals surface area contributed by atoms with Gasteiger partial charge in [-0.1, -0.05) is 13.3 Å². The maximum absolute atomic E-state index is 12.1. The minimum atomic E-state index is -0.219. The molecule has 22 heavy (non-hydrogen) atoms. The van der Waals surface area contributed by atoms with Gasteiger partial charge >= 0.3 is 6.03 Å². The summed E-state index contributed by atoms with van der Waals surface area (Å²) in [6.07, 6.45) is 6.25. The first-order valence-electron chi connectivity index (χ1n) is 7.55. The Labute approximate surface area is 128 Å². The van der Waals surface area contributed by atoms with Gasteiger partial charge in [-0.05, 0) is 18.9 Å². The van der Waals surface area contributed by atoms with Crippen LogP contribution in [-0.2, 0) is 6.54 Å². The first kappa shape index (κ1) is 14.8. The number of amides is 2. The maximum atomic E-state index is 12.1. The quantitative estimate of drug-likeness (QED) is 0.788. The van der Waals surface area contributed by atoms with E-state index in [1.165, 1.54) is 0 Å². The molecule has 2 amide bonds. The molecule has 7 nitrogen and oxygen atoms in total. The number of carbonyl (C=O) groups is 1. The van der Waals surface area contributed by atoms with E-state index in [1.54, 1.807) is 16.9 Å². The van der Waals surface area contributed by atoms with E-state index in [2.05, 4.69) is 20.7 Å². The van der Waals surface area contributed by atoms with E-state index in [4.69, 9.17) is 0 Å². The highest BCUT2D eigenvalue weighted by atomic mass is 16.3. The smallest absolute Gasteiger partial charge is 0.315 e. The molecular formula is C15H21N5O2. The molecule has 1 fully saturated rings. The van der Waals surface area contributed by atoms with Gasteiger partial charge in [-0.3, -0.25) is 0 Å². The highest BCUT2D eigenvalue weighted by Crippen LogP contribution is 2.37. The van der Waals surface area contributed by atoms with Crippen molar-refractivity contribution in [1.29, 1.82) is 0 Å². The summed E-state index contributed by atoms with van der Waals surface area (Å²) < 4.78 is 1.70. The van der Waals surface area contributed by atoms with Crippen molar-refractivity contribution in [3.05, 3.63) is 30.2 Å². The predicted molar refractivity (Wildman–Crippen MR) is 81.2 cm³/mol. The number of aliphatic hydroxyl groups excluding tert-OH is 1. The fourth-order valence-corrected chi connectivity index (χ4v) is 3.07. The van der Waals surface area contributed by atoms with Gasteiger partial charge in [-0.25, -0.2) is 14.3 Å². The van der Waals surface area contributed by atoms with Crippen molar-refractivity contribution in [3.8, 4) is 0 Å². The van der Waals surface area contributed by atoms with Crippen LogP contribution in [0.4, 0.5) is 4.79 Å². The Bertz CT molecular complexity index is 671. The van der Waals surface area contributed by atoms with Crippen LogP contribution in [0.2, 0.25) is 0 Å². The lowest BCUT2D eigenvalue weighted by Crippen LogP contribution is -2.48. The average Bonchev–Trinajstić information content (AvgIpc) is 3.13. The molecular weight excluding hydrogens is 282 g/mol. The van der Waals surface area contributed by atoms with E-state index in [9.17, 15) is 9.90 Å². The summed E-state index contributed by atoms with van der Waals surface area (Å²) in [6.45, 7) is 2.48. The van der Waals surface area contributed by atoms with Gasteiger partial charge in [-0.2, -0.15) is 5.10 Å². The molecule has 0 aliphatic heterocycles. The molecule has 2 aromatic heterocycles. The van der Waals surface area contributed by atoms with Crippen LogP contribution in [0.1, 0.15) is 31.9 Å². The van der Waals surface area contributed by atoms with Crippen LogP contribution in [0.3, 0.4) is 0 Å². The second-order valence-corrected chi connectivity index (χ2v) is 6.12. The van der Waals surface area contributed by atoms with Crippen molar-refractivity contribution in [3.63, 3.8) is 0 Å². The summed E-state index contributed by atoms with van der Waals surface area (Å²) in [5, 5.41) is 19.5. The average molecular weight is 303 g/mol. The monoisotopic (exact) mass is 303 g/mol. The normalized spacial score (nSPS) is 24.5. The second kappa shape index (κ2) is 5.92. The number of hydrogen-bond donors (Lipinski definition) is 3. The van der Waals surface area contributed by atoms with Crippen molar-refractivity contribution in [2.45, 2.75) is 38.8 Å². The number of carbonyl (C=O) groups excluding carboxylic acids is 1. The molecule has 7 heteroatoms. The van der Waals surface area contributed by atoms with Gasteiger partial charge < -0.3 is 15.7 Å². The molecule has 3 rings (SSSR count). The molecule has 0 saturated heterocycles. The Morgan fingerprint density at radius 1 is 1.50 bits per heavy atom. The summed E-state index contributed by atoms with van der Waals surface area (Å²) in [5.74, 6) is 0. The van der Waals surface area contributed by atoms with Crippen molar-refractivity contribution in [2.24, 2.45) is 5.41 Å². The standard InChI is InChI=1S/C15H21N5O2/c1-15(10-21)6-2-3-12(15)19-14(22)17-9-11-4-7-16-13-5-8-18-20(11)13/h4-5,7-8,12,21H,2-3,6,9-10H2,1H3,(H2,17,19,22). The van der Waals surface area contributed by atoms with Crippen LogP contribution in [0.25, 0.3) is 5.65 Å². The summed E-state index contributed by atoms with van der Waals surface area (Å²) >= 11 is 0. The lowest BCUT2D eigenvalue weighted by atomic mass is 9.86. The predicted octanol–water partition coefficient (Wildman–Crippen LogP) is 1.08. The zero-order valence-corrected chi connectivity index (χ0v) is 12.6. The van der Waals surface area contributed by atoms with Crippen molar-refractivity contribution in [1.82, 2.24) is 25.2 Å². The van der Waals surface area contributed by atoms with E-state index < -0.39 is 0 Å². The molecule has 0 spiro atoms. The number of nitrogens with zero attached hydrogens (tertiary/aromatic N) is 3. The molecule has 2 unspecified atom stereocenters. The van der Waals surface area contributed by atoms with Gasteiger partial charge in [0, 0.05) is 23.7 Å². The number of aromatic nitrogens is 3. The Morgan fingerprint density at radius 3 is 3.18 bits per heavy atom. The third-order valence-corrected chi connectivity index (χ3v) is 4.55. The van der Waals surface area contributed by atoms with Gasteiger partial charge in [-0.15, -0.1) is 0 Å². The van der Waals surface area contributed by atoms with Gasteiger partial charge in [0.1, 0.15) is 0 Å². The van der Waals surface area contributed by atoms with E-state index >= 15 is 0 Å². The van der Waals surface area contributed by atoms with E-state index in [-0.39, 0.29) is 24.1 Å². The number of urea groups is 1. The number of aliphatic hydroxyl groups is 1. The second-order valence-electron chi connectivity index (χ2n) is 6.12. The highest BCUT2D eigenvalue weighted by Gasteiger charge is 2.39. The molecule has 0 bridgehead atoms. The number of fused-ring (bicyclic) bond motifs is 1. The first-order valence-corrected chi connectivity index (χ1v) is 7.55. The summed E-state index contributed by atoms with van der Waals surface area (Å²) in [4.78, 5) is 16.3. The fraction of sp³-hybridized carbons (Fsp3) is 0.533. The van der Waals surface area contributed by atoms with E-state index in [0.29, 0.717) is 6.54 Å². The maximum Gasteiger partial charge on any atom is 0.315 e. The van der Waals surface area contributed by atoms with Gasteiger partial charge in [0.15, 0.2) is 5.65 Å². The minimum Gasteiger partial charge on any atom is -0.396 e. The zero-order valence-electron chi connectivity index (χ0n) is 12.6. The summed E-state index contributed by atoms with van der Waals surface area (Å²) in [6, 6.07) is 3.44. The van der Waals surface area contributed by atoms with Gasteiger partial charge in [0.25, 0.3) is 0 Å². The lowest BCUT2D eigenvalue weighted by molar-refractivity contribution is 0.121. The van der Waals surface area contributed by atoms with Crippen molar-refractivity contribution in [2.75, 3.05) is 6.61 Å². The van der Waals surface area contributed by atoms with Crippen LogP contribution in [0.15, 0.2) is 24.5 Å². The van der Waals surface area contributed by atoms with Crippen molar-refractivity contribution >= 4 is 11.7 Å². The summed E-state index contributed by atoms with van der Waals surface area (Å²) in [7, 11) is 0. The van der Waals surface area contributed by atoms with Crippen LogP contribution < -0.4 is 10.6 Å². The molecule has 118 valence electrons. The molecule has 2 atom stereocenters. The van der Waals surface area contributed by atoms with Crippen LogP contribution in [0, 0.1) is 5.41 Å². The zero-order chi connectivity index (χ0) is 15.6. The molecule has 1 aliphatic carbocycles. The molecule has 0 aromatic carbocycles. The minimum absolute atomic E-state index is 0.0136. The van der Waals surface area contributed by atoms with E-state index in [1.807, 2.05) is 19.1 Å². The number of nitrogens with one attached hydrogen (secondary N) is 2. The summed E-state index contributed by atoms with van der Waals surface area (Å²) in [5.41, 5.74) is 1.40. The topological polar surface area (TPSA) is 91.5 Å². The van der Waals surface area contributed by atoms with Crippen LogP contribution in [0.5, 0.6) is 0 Å². The third-order valence-electron chi connectivity index (χ3n) is 4.55. The fourth-order valence-electron chi connectivity index (χ4n) is 3.07. The Kier molecular flexibility index (Phi) is 3.98. The van der Waals surface area contributed by atoms with Gasteiger partial charge in [0.05, 0.1) is 25.0 Å². The Morgan fingerprint density at radius 2 is 2.36 bits per heavy atom. The molecule has 3 N–H and O–H groups in total. The van der Waals surface area contributed by atoms with Crippen LogP contribution in [-0.4, -0.2) is 38.4 Å². The Hall–Kier alpha value is -2.15. The first-order chi connectivity index (χ1) is 10.6.